The normalized spacial score (nSPS) is 29.2. The van der Waals surface area contributed by atoms with Crippen molar-refractivity contribution in [3.05, 3.63) is 35.4 Å². The van der Waals surface area contributed by atoms with Crippen molar-refractivity contribution < 1.29 is 17.4 Å². The Morgan fingerprint density at radius 1 is 1.22 bits per heavy atom. The van der Waals surface area contributed by atoms with E-state index in [9.17, 15) is 17.4 Å². The summed E-state index contributed by atoms with van der Waals surface area (Å²) in [5.74, 6) is 1.05. The molecule has 1 N–H and O–H groups in total. The van der Waals surface area contributed by atoms with Crippen molar-refractivity contribution in [1.29, 1.82) is 0 Å². The van der Waals surface area contributed by atoms with E-state index in [-0.39, 0.29) is 12.1 Å². The molecule has 1 heterocycles. The summed E-state index contributed by atoms with van der Waals surface area (Å²) < 4.78 is 48.8. The zero-order valence-corrected chi connectivity index (χ0v) is 10.6. The van der Waals surface area contributed by atoms with E-state index in [4.69, 9.17) is 0 Å². The van der Waals surface area contributed by atoms with Crippen LogP contribution in [-0.4, -0.2) is 21.8 Å². The number of hydrogen-bond donors (Lipinski definition) is 1. The molecule has 6 heteroatoms. The van der Waals surface area contributed by atoms with Gasteiger partial charge in [0.05, 0.1) is 5.56 Å². The van der Waals surface area contributed by atoms with Crippen LogP contribution >= 0.6 is 0 Å². The molecule has 1 fully saturated rings. The first-order valence-corrected chi connectivity index (χ1v) is 7.13. The Morgan fingerprint density at radius 3 is 2.33 bits per heavy atom. The van der Waals surface area contributed by atoms with Gasteiger partial charge in [-0.25, -0.2) is 0 Å². The number of halogens is 3. The number of rotatable bonds is 1. The maximum Gasteiger partial charge on any atom is 0.416 e. The fourth-order valence-electron chi connectivity index (χ4n) is 2.07. The Kier molecular flexibility index (Phi) is 3.77. The SMILES string of the molecule is CC1CS(=O)CC(c2ccc(C(F)(F)F)cc2)N1. The molecule has 1 aromatic rings. The maximum atomic E-state index is 12.4. The van der Waals surface area contributed by atoms with E-state index in [1.807, 2.05) is 6.92 Å². The minimum absolute atomic E-state index is 0.117. The standard InChI is InChI=1S/C12H14F3NOS/c1-8-6-18(17)7-11(16-8)9-2-4-10(5-3-9)12(13,14)15/h2-5,8,11,16H,6-7H2,1H3. The third-order valence-corrected chi connectivity index (χ3v) is 4.49. The van der Waals surface area contributed by atoms with Crippen LogP contribution in [0.25, 0.3) is 0 Å². The van der Waals surface area contributed by atoms with Crippen molar-refractivity contribution in [1.82, 2.24) is 5.32 Å². The molecule has 3 unspecified atom stereocenters. The van der Waals surface area contributed by atoms with Crippen molar-refractivity contribution in [2.75, 3.05) is 11.5 Å². The molecule has 1 aromatic carbocycles. The fourth-order valence-corrected chi connectivity index (χ4v) is 3.52. The van der Waals surface area contributed by atoms with Crippen LogP contribution in [0.3, 0.4) is 0 Å². The van der Waals surface area contributed by atoms with E-state index in [0.717, 1.165) is 17.7 Å². The third kappa shape index (κ3) is 3.11. The summed E-state index contributed by atoms with van der Waals surface area (Å²) >= 11 is 0. The van der Waals surface area contributed by atoms with Crippen LogP contribution in [0.1, 0.15) is 24.1 Å². The van der Waals surface area contributed by atoms with E-state index < -0.39 is 22.5 Å². The minimum atomic E-state index is -4.31. The molecule has 18 heavy (non-hydrogen) atoms. The highest BCUT2D eigenvalue weighted by molar-refractivity contribution is 7.85. The van der Waals surface area contributed by atoms with Gasteiger partial charge in [-0.3, -0.25) is 4.21 Å². The second-order valence-corrected chi connectivity index (χ2v) is 6.06. The lowest BCUT2D eigenvalue weighted by Crippen LogP contribution is -2.43. The van der Waals surface area contributed by atoms with E-state index in [0.29, 0.717) is 11.5 Å². The molecule has 2 nitrogen and oxygen atoms in total. The summed E-state index contributed by atoms with van der Waals surface area (Å²) in [6.45, 7) is 1.92. The van der Waals surface area contributed by atoms with Gasteiger partial charge >= 0.3 is 6.18 Å². The van der Waals surface area contributed by atoms with E-state index in [1.54, 1.807) is 0 Å². The predicted octanol–water partition coefficient (Wildman–Crippen LogP) is 2.49. The van der Waals surface area contributed by atoms with Gasteiger partial charge in [-0.05, 0) is 24.6 Å². The lowest BCUT2D eigenvalue weighted by Gasteiger charge is -2.28. The lowest BCUT2D eigenvalue weighted by atomic mass is 10.0. The van der Waals surface area contributed by atoms with Crippen LogP contribution in [0.5, 0.6) is 0 Å². The van der Waals surface area contributed by atoms with Crippen LogP contribution in [0.15, 0.2) is 24.3 Å². The average Bonchev–Trinajstić information content (AvgIpc) is 2.27. The molecule has 0 amide bonds. The molecule has 2 rings (SSSR count). The molecule has 0 radical (unpaired) electrons. The fraction of sp³-hybridized carbons (Fsp3) is 0.500. The summed E-state index contributed by atoms with van der Waals surface area (Å²) in [4.78, 5) is 0. The highest BCUT2D eigenvalue weighted by Gasteiger charge is 2.31. The van der Waals surface area contributed by atoms with Gasteiger partial charge in [-0.2, -0.15) is 13.2 Å². The predicted molar refractivity (Wildman–Crippen MR) is 64.7 cm³/mol. The largest absolute Gasteiger partial charge is 0.416 e. The van der Waals surface area contributed by atoms with Crippen molar-refractivity contribution in [2.45, 2.75) is 25.2 Å². The summed E-state index contributed by atoms with van der Waals surface area (Å²) in [7, 11) is -0.908. The Morgan fingerprint density at radius 2 is 1.83 bits per heavy atom. The minimum Gasteiger partial charge on any atom is -0.306 e. The Labute approximate surface area is 106 Å². The molecule has 0 bridgehead atoms. The first-order valence-electron chi connectivity index (χ1n) is 5.64. The number of nitrogens with one attached hydrogen (secondary N) is 1. The molecule has 0 saturated carbocycles. The van der Waals surface area contributed by atoms with Gasteiger partial charge < -0.3 is 5.32 Å². The van der Waals surface area contributed by atoms with E-state index >= 15 is 0 Å². The van der Waals surface area contributed by atoms with Gasteiger partial charge in [0, 0.05) is 34.4 Å². The average molecular weight is 277 g/mol. The first-order chi connectivity index (χ1) is 8.36. The zero-order valence-electron chi connectivity index (χ0n) is 9.83. The molecule has 0 aliphatic carbocycles. The summed E-state index contributed by atoms with van der Waals surface area (Å²) in [6, 6.07) is 5.04. The van der Waals surface area contributed by atoms with Crippen LogP contribution in [0, 0.1) is 0 Å². The van der Waals surface area contributed by atoms with Crippen LogP contribution in [0.2, 0.25) is 0 Å². The zero-order chi connectivity index (χ0) is 13.3. The molecule has 1 aliphatic heterocycles. The second kappa shape index (κ2) is 5.01. The van der Waals surface area contributed by atoms with Crippen molar-refractivity contribution in [3.8, 4) is 0 Å². The van der Waals surface area contributed by atoms with Gasteiger partial charge in [-0.1, -0.05) is 12.1 Å². The number of hydrogen-bond acceptors (Lipinski definition) is 2. The van der Waals surface area contributed by atoms with E-state index in [1.165, 1.54) is 12.1 Å². The topological polar surface area (TPSA) is 29.1 Å². The Balaban J connectivity index is 2.17. The van der Waals surface area contributed by atoms with E-state index in [2.05, 4.69) is 5.32 Å². The van der Waals surface area contributed by atoms with Crippen molar-refractivity contribution in [2.24, 2.45) is 0 Å². The second-order valence-electron chi connectivity index (χ2n) is 4.51. The lowest BCUT2D eigenvalue weighted by molar-refractivity contribution is -0.137. The molecule has 3 atom stereocenters. The molecule has 1 aliphatic rings. The van der Waals surface area contributed by atoms with Gasteiger partial charge in [-0.15, -0.1) is 0 Å². The third-order valence-electron chi connectivity index (χ3n) is 2.91. The Bertz CT molecular complexity index is 444. The van der Waals surface area contributed by atoms with Crippen molar-refractivity contribution in [3.63, 3.8) is 0 Å². The highest BCUT2D eigenvalue weighted by Crippen LogP contribution is 2.30. The molecular formula is C12H14F3NOS. The van der Waals surface area contributed by atoms with Gasteiger partial charge in [0.2, 0.25) is 0 Å². The molecule has 100 valence electrons. The smallest absolute Gasteiger partial charge is 0.306 e. The van der Waals surface area contributed by atoms with Gasteiger partial charge in [0.15, 0.2) is 0 Å². The summed E-state index contributed by atoms with van der Waals surface area (Å²) in [6.07, 6.45) is -4.31. The molecule has 0 spiro atoms. The maximum absolute atomic E-state index is 12.4. The summed E-state index contributed by atoms with van der Waals surface area (Å²) in [5, 5.41) is 3.25. The number of benzene rings is 1. The highest BCUT2D eigenvalue weighted by atomic mass is 32.2. The molecule has 0 aromatic heterocycles. The molecular weight excluding hydrogens is 263 g/mol. The van der Waals surface area contributed by atoms with Crippen LogP contribution in [-0.2, 0) is 17.0 Å². The quantitative estimate of drug-likeness (QED) is 0.854. The molecule has 1 saturated heterocycles. The monoisotopic (exact) mass is 277 g/mol. The van der Waals surface area contributed by atoms with Crippen LogP contribution < -0.4 is 5.32 Å². The Hall–Kier alpha value is -0.880. The van der Waals surface area contributed by atoms with Gasteiger partial charge in [0.25, 0.3) is 0 Å². The summed E-state index contributed by atoms with van der Waals surface area (Å²) in [5.41, 5.74) is 0.0964. The van der Waals surface area contributed by atoms with Crippen molar-refractivity contribution >= 4 is 10.8 Å². The first kappa shape index (κ1) is 13.5. The van der Waals surface area contributed by atoms with Crippen LogP contribution in [0.4, 0.5) is 13.2 Å². The number of alkyl halides is 3. The van der Waals surface area contributed by atoms with Gasteiger partial charge in [0.1, 0.15) is 0 Å².